The Morgan fingerprint density at radius 1 is 0.917 bits per heavy atom. The van der Waals surface area contributed by atoms with Crippen molar-refractivity contribution in [2.45, 2.75) is 0 Å². The number of carbonyl (C=O) groups is 1. The summed E-state index contributed by atoms with van der Waals surface area (Å²) < 4.78 is 0. The average molecular weight is 158 g/mol. The highest BCUT2D eigenvalue weighted by atomic mass is 16.1. The summed E-state index contributed by atoms with van der Waals surface area (Å²) in [7, 11) is 0. The van der Waals surface area contributed by atoms with Gasteiger partial charge in [-0.3, -0.25) is 4.79 Å². The zero-order chi connectivity index (χ0) is 7.87. The minimum Gasteiger partial charge on any atom is -0.299 e. The molecule has 12 heavy (non-hydrogen) atoms. The topological polar surface area (TPSA) is 17.1 Å². The average Bonchev–Trinajstić information content (AvgIpc) is 2.06. The fourth-order valence-electron chi connectivity index (χ4n) is 3.56. The number of carbonyl (C=O) groups excluding carboxylic acids is 1. The Morgan fingerprint density at radius 3 is 2.25 bits per heavy atom. The van der Waals surface area contributed by atoms with Gasteiger partial charge in [0.15, 0.2) is 0 Å². The van der Waals surface area contributed by atoms with Crippen molar-refractivity contribution in [1.29, 1.82) is 0 Å². The van der Waals surface area contributed by atoms with E-state index in [1.54, 1.807) is 0 Å². The van der Waals surface area contributed by atoms with Crippen LogP contribution in [0.25, 0.3) is 0 Å². The smallest absolute Gasteiger partial charge is 0.144 e. The third-order valence-corrected chi connectivity index (χ3v) is 4.33. The van der Waals surface area contributed by atoms with Crippen LogP contribution in [0, 0.1) is 35.5 Å². The number of hydrogen-bond donors (Lipinski definition) is 0. The molecule has 2 saturated carbocycles. The summed E-state index contributed by atoms with van der Waals surface area (Å²) in [6, 6.07) is 0. The van der Waals surface area contributed by atoms with E-state index in [0.29, 0.717) is 35.4 Å². The molecule has 0 spiro atoms. The molecular weight excluding hydrogens is 148 g/mol. The second-order valence-corrected chi connectivity index (χ2v) is 4.53. The largest absolute Gasteiger partial charge is 0.299 e. The summed E-state index contributed by atoms with van der Waals surface area (Å²) in [6.45, 7) is 0. The van der Waals surface area contributed by atoms with Gasteiger partial charge in [0, 0.05) is 11.8 Å². The Balaban J connectivity index is 1.83. The van der Waals surface area contributed by atoms with Crippen LogP contribution in [0.2, 0.25) is 0 Å². The van der Waals surface area contributed by atoms with Gasteiger partial charge in [0.1, 0.15) is 5.78 Å². The fraction of sp³-hybridized carbons (Fsp3) is 0.545. The van der Waals surface area contributed by atoms with Crippen molar-refractivity contribution in [1.82, 2.24) is 0 Å². The lowest BCUT2D eigenvalue weighted by Gasteiger charge is -2.52. The molecule has 0 N–H and O–H groups in total. The van der Waals surface area contributed by atoms with Gasteiger partial charge >= 0.3 is 0 Å². The van der Waals surface area contributed by atoms with Crippen molar-refractivity contribution in [3.63, 3.8) is 0 Å². The van der Waals surface area contributed by atoms with E-state index in [1.807, 2.05) is 0 Å². The maximum atomic E-state index is 11.7. The molecular formula is C11H10O. The van der Waals surface area contributed by atoms with Gasteiger partial charge in [-0.2, -0.15) is 0 Å². The second-order valence-electron chi connectivity index (χ2n) is 4.53. The van der Waals surface area contributed by atoms with Crippen LogP contribution < -0.4 is 0 Å². The summed E-state index contributed by atoms with van der Waals surface area (Å²) in [5.74, 6) is 4.06. The third kappa shape index (κ3) is 0.359. The monoisotopic (exact) mass is 158 g/mol. The first-order chi connectivity index (χ1) is 5.88. The lowest BCUT2D eigenvalue weighted by molar-refractivity contribution is -0.129. The van der Waals surface area contributed by atoms with Crippen LogP contribution in [-0.2, 0) is 4.79 Å². The summed E-state index contributed by atoms with van der Waals surface area (Å²) in [5, 5.41) is 0. The van der Waals surface area contributed by atoms with Crippen molar-refractivity contribution < 1.29 is 4.79 Å². The fourth-order valence-corrected chi connectivity index (χ4v) is 3.56. The number of Topliss-reactive ketones (excluding diaryl/α,β-unsaturated/α-hetero) is 1. The molecule has 0 heterocycles. The number of rotatable bonds is 0. The third-order valence-electron chi connectivity index (χ3n) is 4.33. The standard InChI is InChI=1S/C11H10O/c12-11-8-4-3-7(8)9-5-1-2-6(5)10(9)11/h1-10H. The normalized spacial score (nSPS) is 62.5. The van der Waals surface area contributed by atoms with Crippen LogP contribution in [-0.4, -0.2) is 5.78 Å². The minimum atomic E-state index is 0.326. The van der Waals surface area contributed by atoms with Crippen LogP contribution in [0.5, 0.6) is 0 Å². The number of allylic oxidation sites excluding steroid dienone is 4. The lowest BCUT2D eigenvalue weighted by Crippen LogP contribution is -2.50. The van der Waals surface area contributed by atoms with Crippen LogP contribution >= 0.6 is 0 Å². The first-order valence-corrected chi connectivity index (χ1v) is 4.78. The quantitative estimate of drug-likeness (QED) is 0.487. The van der Waals surface area contributed by atoms with Gasteiger partial charge < -0.3 is 0 Å². The summed E-state index contributed by atoms with van der Waals surface area (Å²) in [5.41, 5.74) is 0. The van der Waals surface area contributed by atoms with E-state index in [2.05, 4.69) is 24.3 Å². The van der Waals surface area contributed by atoms with Crippen molar-refractivity contribution in [2.24, 2.45) is 35.5 Å². The van der Waals surface area contributed by atoms with Crippen LogP contribution in [0.15, 0.2) is 24.3 Å². The molecule has 0 radical (unpaired) electrons. The molecule has 4 aliphatic carbocycles. The van der Waals surface area contributed by atoms with E-state index < -0.39 is 0 Å². The first kappa shape index (κ1) is 5.74. The van der Waals surface area contributed by atoms with Gasteiger partial charge in [0.2, 0.25) is 0 Å². The molecule has 0 aromatic rings. The number of hydrogen-bond acceptors (Lipinski definition) is 1. The Hall–Kier alpha value is -0.850. The Bertz CT molecular complexity index is 339. The molecule has 0 amide bonds. The molecule has 1 nitrogen and oxygen atoms in total. The summed E-state index contributed by atoms with van der Waals surface area (Å²) in [4.78, 5) is 11.7. The lowest BCUT2D eigenvalue weighted by atomic mass is 9.50. The number of fused-ring (bicyclic) bond motifs is 6. The Kier molecular flexibility index (Phi) is 0.697. The van der Waals surface area contributed by atoms with Gasteiger partial charge in [0.05, 0.1) is 0 Å². The van der Waals surface area contributed by atoms with Gasteiger partial charge in [-0.15, -0.1) is 0 Å². The molecule has 4 rings (SSSR count). The van der Waals surface area contributed by atoms with E-state index >= 15 is 0 Å². The van der Waals surface area contributed by atoms with E-state index in [0.717, 1.165) is 5.92 Å². The van der Waals surface area contributed by atoms with Crippen LogP contribution in [0.1, 0.15) is 0 Å². The molecule has 0 aliphatic heterocycles. The van der Waals surface area contributed by atoms with Crippen LogP contribution in [0.3, 0.4) is 0 Å². The molecule has 60 valence electrons. The van der Waals surface area contributed by atoms with E-state index in [1.165, 1.54) is 0 Å². The van der Waals surface area contributed by atoms with E-state index in [9.17, 15) is 4.79 Å². The second kappa shape index (κ2) is 1.46. The molecule has 4 aliphatic rings. The maximum absolute atomic E-state index is 11.7. The zero-order valence-corrected chi connectivity index (χ0v) is 6.68. The predicted molar refractivity (Wildman–Crippen MR) is 44.2 cm³/mol. The minimum absolute atomic E-state index is 0.326. The van der Waals surface area contributed by atoms with E-state index in [4.69, 9.17) is 0 Å². The summed E-state index contributed by atoms with van der Waals surface area (Å²) in [6.07, 6.45) is 8.88. The number of ketones is 1. The van der Waals surface area contributed by atoms with Gasteiger partial charge in [-0.05, 0) is 23.7 Å². The molecule has 0 bridgehead atoms. The molecule has 1 heteroatoms. The van der Waals surface area contributed by atoms with Crippen molar-refractivity contribution in [3.8, 4) is 0 Å². The highest BCUT2D eigenvalue weighted by molar-refractivity contribution is 5.92. The SMILES string of the molecule is O=C1C2C=CC2C2C3C=CC3C12. The molecule has 6 atom stereocenters. The highest BCUT2D eigenvalue weighted by Crippen LogP contribution is 2.65. The molecule has 2 fully saturated rings. The summed E-state index contributed by atoms with van der Waals surface area (Å²) >= 11 is 0. The van der Waals surface area contributed by atoms with Crippen molar-refractivity contribution in [3.05, 3.63) is 24.3 Å². The van der Waals surface area contributed by atoms with Gasteiger partial charge in [-0.25, -0.2) is 0 Å². The molecule has 6 unspecified atom stereocenters. The zero-order valence-electron chi connectivity index (χ0n) is 6.68. The molecule has 0 saturated heterocycles. The Morgan fingerprint density at radius 2 is 1.67 bits per heavy atom. The maximum Gasteiger partial charge on any atom is 0.144 e. The van der Waals surface area contributed by atoms with Crippen LogP contribution in [0.4, 0.5) is 0 Å². The van der Waals surface area contributed by atoms with Crippen molar-refractivity contribution in [2.75, 3.05) is 0 Å². The Labute approximate surface area is 71.1 Å². The first-order valence-electron chi connectivity index (χ1n) is 4.78. The molecule has 0 aromatic heterocycles. The van der Waals surface area contributed by atoms with Gasteiger partial charge in [-0.1, -0.05) is 24.3 Å². The van der Waals surface area contributed by atoms with Crippen molar-refractivity contribution >= 4 is 5.78 Å². The predicted octanol–water partition coefficient (Wildman–Crippen LogP) is 1.42. The molecule has 0 aromatic carbocycles. The van der Waals surface area contributed by atoms with Gasteiger partial charge in [0.25, 0.3) is 0 Å². The van der Waals surface area contributed by atoms with E-state index in [-0.39, 0.29) is 0 Å². The highest BCUT2D eigenvalue weighted by Gasteiger charge is 2.65.